The molecule has 1 aromatic rings. The Balaban J connectivity index is 2.95. The standard InChI is InChI=1S/C14H17IO4/c1-14(2,8-13(17)18)7-11(16)10-6-9(15)4-5-12(10)19-3/h4-6H,7-8H2,1-3H3,(H,17,18). The van der Waals surface area contributed by atoms with Crippen molar-refractivity contribution in [3.8, 4) is 5.75 Å². The van der Waals surface area contributed by atoms with Crippen molar-refractivity contribution in [2.75, 3.05) is 7.11 Å². The minimum atomic E-state index is -0.896. The number of ketones is 1. The summed E-state index contributed by atoms with van der Waals surface area (Å²) in [5, 5.41) is 8.84. The van der Waals surface area contributed by atoms with Crippen molar-refractivity contribution >= 4 is 34.3 Å². The second-order valence-corrected chi connectivity index (χ2v) is 6.42. The van der Waals surface area contributed by atoms with Crippen LogP contribution in [0.25, 0.3) is 0 Å². The normalized spacial score (nSPS) is 11.2. The zero-order chi connectivity index (χ0) is 14.6. The van der Waals surface area contributed by atoms with Gasteiger partial charge in [0.2, 0.25) is 0 Å². The van der Waals surface area contributed by atoms with Gasteiger partial charge in [0.15, 0.2) is 5.78 Å². The van der Waals surface area contributed by atoms with Gasteiger partial charge in [-0.1, -0.05) is 13.8 Å². The van der Waals surface area contributed by atoms with E-state index in [4.69, 9.17) is 9.84 Å². The third kappa shape index (κ3) is 4.81. The van der Waals surface area contributed by atoms with E-state index in [2.05, 4.69) is 22.6 Å². The van der Waals surface area contributed by atoms with Gasteiger partial charge in [0.1, 0.15) is 5.75 Å². The third-order valence-electron chi connectivity index (χ3n) is 2.73. The minimum Gasteiger partial charge on any atom is -0.496 e. The summed E-state index contributed by atoms with van der Waals surface area (Å²) in [6.07, 6.45) is 0.140. The number of aliphatic carboxylic acids is 1. The Morgan fingerprint density at radius 2 is 1.95 bits per heavy atom. The molecule has 0 saturated carbocycles. The third-order valence-corrected chi connectivity index (χ3v) is 3.40. The molecule has 1 aromatic carbocycles. The van der Waals surface area contributed by atoms with Crippen molar-refractivity contribution in [3.63, 3.8) is 0 Å². The molecule has 5 heteroatoms. The number of ether oxygens (including phenoxy) is 1. The molecule has 0 fully saturated rings. The molecule has 0 amide bonds. The molecule has 1 N–H and O–H groups in total. The lowest BCUT2D eigenvalue weighted by molar-refractivity contribution is -0.139. The number of hydrogen-bond acceptors (Lipinski definition) is 3. The van der Waals surface area contributed by atoms with E-state index in [0.29, 0.717) is 11.3 Å². The molecule has 0 unspecified atom stereocenters. The molecule has 0 aromatic heterocycles. The first-order valence-electron chi connectivity index (χ1n) is 5.84. The maximum atomic E-state index is 12.3. The molecule has 0 saturated heterocycles. The molecular formula is C14H17IO4. The van der Waals surface area contributed by atoms with Crippen LogP contribution in [0.15, 0.2) is 18.2 Å². The van der Waals surface area contributed by atoms with Crippen molar-refractivity contribution in [3.05, 3.63) is 27.3 Å². The predicted molar refractivity (Wildman–Crippen MR) is 80.7 cm³/mol. The summed E-state index contributed by atoms with van der Waals surface area (Å²) in [5.74, 6) is -0.467. The maximum Gasteiger partial charge on any atom is 0.303 e. The number of Topliss-reactive ketones (excluding diaryl/α,β-unsaturated/α-hetero) is 1. The monoisotopic (exact) mass is 376 g/mol. The Morgan fingerprint density at radius 3 is 2.47 bits per heavy atom. The first-order valence-corrected chi connectivity index (χ1v) is 6.91. The van der Waals surface area contributed by atoms with E-state index < -0.39 is 11.4 Å². The van der Waals surface area contributed by atoms with Gasteiger partial charge in [-0.2, -0.15) is 0 Å². The van der Waals surface area contributed by atoms with Crippen molar-refractivity contribution in [1.29, 1.82) is 0 Å². The van der Waals surface area contributed by atoms with Gasteiger partial charge in [-0.05, 0) is 46.2 Å². The molecule has 0 radical (unpaired) electrons. The van der Waals surface area contributed by atoms with E-state index in [1.807, 2.05) is 6.07 Å². The Hall–Kier alpha value is -1.11. The highest BCUT2D eigenvalue weighted by molar-refractivity contribution is 14.1. The summed E-state index contributed by atoms with van der Waals surface area (Å²) in [4.78, 5) is 23.1. The first kappa shape index (κ1) is 15.9. The van der Waals surface area contributed by atoms with Crippen molar-refractivity contribution < 1.29 is 19.4 Å². The van der Waals surface area contributed by atoms with E-state index in [1.54, 1.807) is 26.0 Å². The SMILES string of the molecule is COc1ccc(I)cc1C(=O)CC(C)(C)CC(=O)O. The lowest BCUT2D eigenvalue weighted by Crippen LogP contribution is -2.21. The molecule has 0 aliphatic carbocycles. The molecule has 19 heavy (non-hydrogen) atoms. The number of methoxy groups -OCH3 is 1. The van der Waals surface area contributed by atoms with E-state index in [1.165, 1.54) is 7.11 Å². The van der Waals surface area contributed by atoms with Crippen LogP contribution in [0.3, 0.4) is 0 Å². The molecule has 0 spiro atoms. The number of carbonyl (C=O) groups is 2. The number of carbonyl (C=O) groups excluding carboxylic acids is 1. The van der Waals surface area contributed by atoms with Crippen molar-refractivity contribution in [2.45, 2.75) is 26.7 Å². The molecule has 0 aliphatic heterocycles. The Labute approximate surface area is 126 Å². The summed E-state index contributed by atoms with van der Waals surface area (Å²) in [5.41, 5.74) is -0.0669. The second-order valence-electron chi connectivity index (χ2n) is 5.18. The van der Waals surface area contributed by atoms with Crippen LogP contribution < -0.4 is 4.74 Å². The average Bonchev–Trinajstić information content (AvgIpc) is 2.26. The van der Waals surface area contributed by atoms with Gasteiger partial charge in [0.25, 0.3) is 0 Å². The molecule has 1 rings (SSSR count). The highest BCUT2D eigenvalue weighted by Gasteiger charge is 2.27. The molecule has 0 bridgehead atoms. The summed E-state index contributed by atoms with van der Waals surface area (Å²) >= 11 is 2.13. The quantitative estimate of drug-likeness (QED) is 0.611. The lowest BCUT2D eigenvalue weighted by atomic mass is 9.82. The van der Waals surface area contributed by atoms with Crippen LogP contribution in [0, 0.1) is 8.99 Å². The van der Waals surface area contributed by atoms with Crippen LogP contribution in [0.5, 0.6) is 5.75 Å². The van der Waals surface area contributed by atoms with Crippen LogP contribution in [0.1, 0.15) is 37.0 Å². The number of hydrogen-bond donors (Lipinski definition) is 1. The largest absolute Gasteiger partial charge is 0.496 e. The lowest BCUT2D eigenvalue weighted by Gasteiger charge is -2.21. The minimum absolute atomic E-state index is 0.0367. The van der Waals surface area contributed by atoms with Crippen LogP contribution in [0.2, 0.25) is 0 Å². The van der Waals surface area contributed by atoms with Crippen molar-refractivity contribution in [1.82, 2.24) is 0 Å². The average molecular weight is 376 g/mol. The fourth-order valence-electron chi connectivity index (χ4n) is 1.90. The van der Waals surface area contributed by atoms with Gasteiger partial charge in [-0.3, -0.25) is 9.59 Å². The highest BCUT2D eigenvalue weighted by Crippen LogP contribution is 2.30. The number of carboxylic acid groups (broad SMARTS) is 1. The number of halogens is 1. The summed E-state index contributed by atoms with van der Waals surface area (Å²) in [6.45, 7) is 3.55. The summed E-state index contributed by atoms with van der Waals surface area (Å²) < 4.78 is 6.12. The fourth-order valence-corrected chi connectivity index (χ4v) is 2.39. The summed E-state index contributed by atoms with van der Waals surface area (Å²) in [7, 11) is 1.52. The smallest absolute Gasteiger partial charge is 0.303 e. The predicted octanol–water partition coefficient (Wildman–Crippen LogP) is 3.37. The Bertz CT molecular complexity index is 494. The van der Waals surface area contributed by atoms with Crippen LogP contribution in [0.4, 0.5) is 0 Å². The Morgan fingerprint density at radius 1 is 1.32 bits per heavy atom. The van der Waals surface area contributed by atoms with E-state index in [0.717, 1.165) is 3.57 Å². The number of rotatable bonds is 6. The maximum absolute atomic E-state index is 12.3. The molecule has 0 heterocycles. The Kier molecular flexibility index (Phi) is 5.34. The van der Waals surface area contributed by atoms with Gasteiger partial charge in [-0.25, -0.2) is 0 Å². The zero-order valence-corrected chi connectivity index (χ0v) is 13.4. The molecular weight excluding hydrogens is 359 g/mol. The molecule has 0 aliphatic rings. The van der Waals surface area contributed by atoms with E-state index in [9.17, 15) is 9.59 Å². The van der Waals surface area contributed by atoms with Gasteiger partial charge in [-0.15, -0.1) is 0 Å². The van der Waals surface area contributed by atoms with Crippen LogP contribution in [-0.2, 0) is 4.79 Å². The van der Waals surface area contributed by atoms with Gasteiger partial charge >= 0.3 is 5.97 Å². The molecule has 0 atom stereocenters. The topological polar surface area (TPSA) is 63.6 Å². The van der Waals surface area contributed by atoms with Gasteiger partial charge in [0.05, 0.1) is 19.1 Å². The van der Waals surface area contributed by atoms with Crippen LogP contribution in [-0.4, -0.2) is 24.0 Å². The number of carboxylic acids is 1. The summed E-state index contributed by atoms with van der Waals surface area (Å²) in [6, 6.07) is 5.37. The fraction of sp³-hybridized carbons (Fsp3) is 0.429. The first-order chi connectivity index (χ1) is 8.75. The zero-order valence-electron chi connectivity index (χ0n) is 11.2. The number of benzene rings is 1. The molecule has 104 valence electrons. The molecule has 4 nitrogen and oxygen atoms in total. The highest BCUT2D eigenvalue weighted by atomic mass is 127. The van der Waals surface area contributed by atoms with Crippen molar-refractivity contribution in [2.24, 2.45) is 5.41 Å². The van der Waals surface area contributed by atoms with E-state index in [-0.39, 0.29) is 18.6 Å². The van der Waals surface area contributed by atoms with Gasteiger partial charge < -0.3 is 9.84 Å². The van der Waals surface area contributed by atoms with E-state index >= 15 is 0 Å². The van der Waals surface area contributed by atoms with Crippen LogP contribution >= 0.6 is 22.6 Å². The second kappa shape index (κ2) is 6.36. The van der Waals surface area contributed by atoms with Gasteiger partial charge in [0, 0.05) is 9.99 Å².